The minimum atomic E-state index is -0.331. The first kappa shape index (κ1) is 13.4. The minimum absolute atomic E-state index is 0.0318. The first-order valence-electron chi connectivity index (χ1n) is 6.10. The third-order valence-electron chi connectivity index (χ3n) is 2.79. The molecule has 1 fully saturated rings. The number of hydrogen-bond donors (Lipinski definition) is 2. The Morgan fingerprint density at radius 2 is 2.33 bits per heavy atom. The zero-order chi connectivity index (χ0) is 12.8. The van der Waals surface area contributed by atoms with Crippen LogP contribution in [0.2, 0.25) is 0 Å². The average molecular weight is 257 g/mol. The monoisotopic (exact) mass is 257 g/mol. The molecule has 2 atom stereocenters. The molecule has 2 heterocycles. The Bertz CT molecular complexity index is 358. The Labute approximate surface area is 105 Å². The highest BCUT2D eigenvalue weighted by atomic mass is 16.5. The highest BCUT2D eigenvalue weighted by Gasteiger charge is 2.27. The van der Waals surface area contributed by atoms with Crippen molar-refractivity contribution in [2.24, 2.45) is 0 Å². The second kappa shape index (κ2) is 6.79. The van der Waals surface area contributed by atoms with E-state index in [2.05, 4.69) is 15.5 Å². The summed E-state index contributed by atoms with van der Waals surface area (Å²) in [5.41, 5.74) is 0. The van der Waals surface area contributed by atoms with Crippen LogP contribution in [0.15, 0.2) is 4.52 Å². The van der Waals surface area contributed by atoms with E-state index < -0.39 is 0 Å². The van der Waals surface area contributed by atoms with Gasteiger partial charge in [-0.15, -0.1) is 0 Å². The largest absolute Gasteiger partial charge is 0.392 e. The van der Waals surface area contributed by atoms with Crippen LogP contribution in [0.5, 0.6) is 0 Å². The molecule has 1 aliphatic rings. The molecule has 7 nitrogen and oxygen atoms in total. The summed E-state index contributed by atoms with van der Waals surface area (Å²) in [5.74, 6) is 1.17. The summed E-state index contributed by atoms with van der Waals surface area (Å²) < 4.78 is 15.4. The van der Waals surface area contributed by atoms with Gasteiger partial charge >= 0.3 is 0 Å². The summed E-state index contributed by atoms with van der Waals surface area (Å²) in [4.78, 5) is 4.28. The normalized spacial score (nSPS) is 23.7. The van der Waals surface area contributed by atoms with Gasteiger partial charge < -0.3 is 24.4 Å². The predicted molar refractivity (Wildman–Crippen MR) is 62.1 cm³/mol. The fraction of sp³-hybridized carbons (Fsp3) is 0.818. The Morgan fingerprint density at radius 3 is 3.06 bits per heavy atom. The molecule has 0 aromatic carbocycles. The van der Waals surface area contributed by atoms with Gasteiger partial charge in [-0.2, -0.15) is 4.98 Å². The summed E-state index contributed by atoms with van der Waals surface area (Å²) in [6.45, 7) is 2.27. The van der Waals surface area contributed by atoms with Gasteiger partial charge in [0.25, 0.3) is 0 Å². The number of aliphatic hydroxyl groups is 1. The average Bonchev–Trinajstić information content (AvgIpc) is 2.97. The summed E-state index contributed by atoms with van der Waals surface area (Å²) in [6.07, 6.45) is 0.900. The molecule has 0 spiro atoms. The summed E-state index contributed by atoms with van der Waals surface area (Å²) in [5, 5.41) is 16.4. The van der Waals surface area contributed by atoms with E-state index in [1.807, 2.05) is 0 Å². The lowest BCUT2D eigenvalue weighted by atomic mass is 10.2. The molecule has 1 saturated heterocycles. The maximum absolute atomic E-state index is 9.41. The molecule has 102 valence electrons. The number of rotatable bonds is 7. The van der Waals surface area contributed by atoms with Crippen LogP contribution in [0, 0.1) is 0 Å². The Morgan fingerprint density at radius 1 is 1.44 bits per heavy atom. The van der Waals surface area contributed by atoms with E-state index in [9.17, 15) is 5.11 Å². The van der Waals surface area contributed by atoms with Crippen LogP contribution in [0.3, 0.4) is 0 Å². The van der Waals surface area contributed by atoms with Gasteiger partial charge in [-0.3, -0.25) is 0 Å². The van der Waals surface area contributed by atoms with E-state index in [0.717, 1.165) is 0 Å². The maximum atomic E-state index is 9.41. The predicted octanol–water partition coefficient (Wildman–Crippen LogP) is -0.330. The Balaban J connectivity index is 1.72. The molecule has 0 bridgehead atoms. The topological polar surface area (TPSA) is 89.6 Å². The molecule has 18 heavy (non-hydrogen) atoms. The molecule has 1 aliphatic heterocycles. The molecule has 1 aromatic rings. The summed E-state index contributed by atoms with van der Waals surface area (Å²) in [6, 6.07) is -0.0318. The molecule has 0 amide bonds. The standard InChI is InChI=1S/C11H19N3O4/c1-16-4-5-17-3-2-10-13-11(18-14-10)9-6-8(15)7-12-9/h8-9,12,15H,2-7H2,1H3. The second-order valence-electron chi connectivity index (χ2n) is 4.25. The number of aromatic nitrogens is 2. The van der Waals surface area contributed by atoms with Crippen molar-refractivity contribution in [2.45, 2.75) is 25.0 Å². The van der Waals surface area contributed by atoms with Crippen molar-refractivity contribution in [1.82, 2.24) is 15.5 Å². The minimum Gasteiger partial charge on any atom is -0.392 e. The van der Waals surface area contributed by atoms with Gasteiger partial charge in [0.2, 0.25) is 5.89 Å². The highest BCUT2D eigenvalue weighted by molar-refractivity contribution is 4.97. The Hall–Kier alpha value is -1.02. The van der Waals surface area contributed by atoms with E-state index in [4.69, 9.17) is 14.0 Å². The molecule has 2 unspecified atom stereocenters. The number of hydrogen-bond acceptors (Lipinski definition) is 7. The van der Waals surface area contributed by atoms with Crippen molar-refractivity contribution in [2.75, 3.05) is 33.5 Å². The van der Waals surface area contributed by atoms with Gasteiger partial charge in [-0.05, 0) is 6.42 Å². The fourth-order valence-electron chi connectivity index (χ4n) is 1.82. The van der Waals surface area contributed by atoms with Gasteiger partial charge in [0, 0.05) is 20.1 Å². The van der Waals surface area contributed by atoms with Gasteiger partial charge in [0.05, 0.1) is 32.0 Å². The first-order valence-corrected chi connectivity index (χ1v) is 6.10. The number of nitrogens with one attached hydrogen (secondary N) is 1. The molecule has 2 N–H and O–H groups in total. The molecule has 7 heteroatoms. The molecule has 0 saturated carbocycles. The van der Waals surface area contributed by atoms with Crippen molar-refractivity contribution in [3.8, 4) is 0 Å². The van der Waals surface area contributed by atoms with Gasteiger partial charge in [0.1, 0.15) is 0 Å². The SMILES string of the molecule is COCCOCCc1noc(C2CC(O)CN2)n1. The molecule has 1 aromatic heterocycles. The Kier molecular flexibility index (Phi) is 5.06. The van der Waals surface area contributed by atoms with E-state index >= 15 is 0 Å². The van der Waals surface area contributed by atoms with E-state index in [-0.39, 0.29) is 12.1 Å². The first-order chi connectivity index (χ1) is 8.79. The molecular weight excluding hydrogens is 238 g/mol. The van der Waals surface area contributed by atoms with Crippen molar-refractivity contribution < 1.29 is 19.1 Å². The number of aliphatic hydroxyl groups excluding tert-OH is 1. The third kappa shape index (κ3) is 3.74. The van der Waals surface area contributed by atoms with Crippen molar-refractivity contribution >= 4 is 0 Å². The van der Waals surface area contributed by atoms with Crippen LogP contribution in [0.25, 0.3) is 0 Å². The highest BCUT2D eigenvalue weighted by Crippen LogP contribution is 2.21. The summed E-state index contributed by atoms with van der Waals surface area (Å²) in [7, 11) is 1.64. The van der Waals surface area contributed by atoms with Crippen LogP contribution in [-0.4, -0.2) is 54.8 Å². The zero-order valence-corrected chi connectivity index (χ0v) is 10.5. The molecule has 2 rings (SSSR count). The maximum Gasteiger partial charge on any atom is 0.243 e. The number of nitrogens with zero attached hydrogens (tertiary/aromatic N) is 2. The second-order valence-corrected chi connectivity index (χ2v) is 4.25. The third-order valence-corrected chi connectivity index (χ3v) is 2.79. The van der Waals surface area contributed by atoms with Gasteiger partial charge in [-0.1, -0.05) is 5.16 Å². The van der Waals surface area contributed by atoms with E-state index in [0.29, 0.717) is 50.9 Å². The lowest BCUT2D eigenvalue weighted by Crippen LogP contribution is -2.15. The quantitative estimate of drug-likeness (QED) is 0.646. The zero-order valence-electron chi connectivity index (χ0n) is 10.5. The smallest absolute Gasteiger partial charge is 0.243 e. The van der Waals surface area contributed by atoms with Crippen LogP contribution < -0.4 is 5.32 Å². The van der Waals surface area contributed by atoms with Crippen LogP contribution in [0.1, 0.15) is 24.2 Å². The van der Waals surface area contributed by atoms with Crippen molar-refractivity contribution in [3.63, 3.8) is 0 Å². The van der Waals surface area contributed by atoms with Gasteiger partial charge in [0.15, 0.2) is 5.82 Å². The molecule has 0 aliphatic carbocycles. The lowest BCUT2D eigenvalue weighted by Gasteiger charge is -2.02. The van der Waals surface area contributed by atoms with Crippen molar-refractivity contribution in [3.05, 3.63) is 11.7 Å². The molecule has 0 radical (unpaired) electrons. The van der Waals surface area contributed by atoms with Crippen molar-refractivity contribution in [1.29, 1.82) is 0 Å². The fourth-order valence-corrected chi connectivity index (χ4v) is 1.82. The lowest BCUT2D eigenvalue weighted by molar-refractivity contribution is 0.0714. The van der Waals surface area contributed by atoms with Crippen LogP contribution in [-0.2, 0) is 15.9 Å². The van der Waals surface area contributed by atoms with E-state index in [1.54, 1.807) is 7.11 Å². The van der Waals surface area contributed by atoms with Crippen LogP contribution in [0.4, 0.5) is 0 Å². The number of β-amino-alcohol motifs (C(OH)–C–C–N with tert-alkyl or cyclic N) is 1. The van der Waals surface area contributed by atoms with Gasteiger partial charge in [-0.25, -0.2) is 0 Å². The molecular formula is C11H19N3O4. The number of methoxy groups -OCH3 is 1. The summed E-state index contributed by atoms with van der Waals surface area (Å²) >= 11 is 0. The van der Waals surface area contributed by atoms with E-state index in [1.165, 1.54) is 0 Å². The van der Waals surface area contributed by atoms with Crippen LogP contribution >= 0.6 is 0 Å². The number of ether oxygens (including phenoxy) is 2.